The van der Waals surface area contributed by atoms with Gasteiger partial charge in [-0.1, -0.05) is 32.4 Å². The van der Waals surface area contributed by atoms with Crippen LogP contribution in [-0.4, -0.2) is 97.0 Å². The summed E-state index contributed by atoms with van der Waals surface area (Å²) in [5, 5.41) is 9.33. The zero-order chi connectivity index (χ0) is 38.6. The van der Waals surface area contributed by atoms with Crippen molar-refractivity contribution in [2.45, 2.75) is 82.3 Å². The normalized spacial score (nSPS) is 32.5. The lowest BCUT2D eigenvalue weighted by Crippen LogP contribution is -2.49. The van der Waals surface area contributed by atoms with Crippen LogP contribution in [0.3, 0.4) is 0 Å². The van der Waals surface area contributed by atoms with E-state index in [1.807, 2.05) is 4.57 Å². The van der Waals surface area contributed by atoms with E-state index in [0.717, 1.165) is 0 Å². The van der Waals surface area contributed by atoms with E-state index in [9.17, 15) is 14.9 Å². The third-order valence-corrected chi connectivity index (χ3v) is 19.2. The Morgan fingerprint density at radius 1 is 1.07 bits per heavy atom. The van der Waals surface area contributed by atoms with E-state index in [0.29, 0.717) is 17.6 Å². The Hall–Kier alpha value is -2.12. The topological polar surface area (TPSA) is 216 Å². The first-order valence-electron chi connectivity index (χ1n) is 17.1. The van der Waals surface area contributed by atoms with Gasteiger partial charge in [-0.15, -0.1) is 0 Å². The van der Waals surface area contributed by atoms with Gasteiger partial charge in [-0.05, 0) is 54.1 Å². The van der Waals surface area contributed by atoms with E-state index in [1.54, 1.807) is 10.9 Å². The predicted molar refractivity (Wildman–Crippen MR) is 205 cm³/mol. The standard InChI is InChI=1S/C30H40ClN9O9P2S2Si/c1-30(2,3)54(4,5)49-24-23-20(47-29(24)40-16-38-22-27(40)35-14-36-28(22)41)12-45-50(42,52)44-11-18-17(10-46-51(53,48-23)43-8-6-7-32)9-19(18)39-15-37-21-25(31)33-13-34-26(21)39/h13-20,23-24,29H,6,8-12H2,1-5H3,(H,42,52)(H,35,36,41)/t17-,18-,19-,20-,23-,24?,29-,50?,51?/m1/s1. The van der Waals surface area contributed by atoms with Gasteiger partial charge >= 0.3 is 13.4 Å². The van der Waals surface area contributed by atoms with E-state index in [2.05, 4.69) is 69.8 Å². The van der Waals surface area contributed by atoms with E-state index >= 15 is 0 Å². The lowest BCUT2D eigenvalue weighted by atomic mass is 9.70. The Bertz CT molecular complexity index is 2230. The number of aromatic amines is 1. The van der Waals surface area contributed by atoms with E-state index in [-0.39, 0.29) is 72.1 Å². The maximum atomic E-state index is 12.6. The van der Waals surface area contributed by atoms with Gasteiger partial charge in [0, 0.05) is 12.0 Å². The van der Waals surface area contributed by atoms with Gasteiger partial charge in [0.25, 0.3) is 5.56 Å². The van der Waals surface area contributed by atoms with Gasteiger partial charge in [-0.25, -0.2) is 24.9 Å². The maximum absolute atomic E-state index is 12.6. The number of hydrogen-bond donors (Lipinski definition) is 2. The Labute approximate surface area is 326 Å². The van der Waals surface area contributed by atoms with Crippen LogP contribution in [0.5, 0.6) is 0 Å². The highest BCUT2D eigenvalue weighted by Crippen LogP contribution is 2.58. The zero-order valence-corrected chi connectivity index (χ0v) is 35.2. The summed E-state index contributed by atoms with van der Waals surface area (Å²) in [7, 11) is -2.61. The molecule has 0 bridgehead atoms. The monoisotopic (exact) mass is 859 g/mol. The van der Waals surface area contributed by atoms with E-state index in [1.165, 1.54) is 19.0 Å². The van der Waals surface area contributed by atoms with Gasteiger partial charge in [0.15, 0.2) is 36.5 Å². The summed E-state index contributed by atoms with van der Waals surface area (Å²) in [6.45, 7) is 2.69. The van der Waals surface area contributed by atoms with Gasteiger partial charge in [0.2, 0.25) is 0 Å². The van der Waals surface area contributed by atoms with Crippen LogP contribution in [0.4, 0.5) is 0 Å². The Morgan fingerprint density at radius 2 is 1.80 bits per heavy atom. The smallest absolute Gasteiger partial charge is 0.327 e. The van der Waals surface area contributed by atoms with E-state index < -0.39 is 51.9 Å². The summed E-state index contributed by atoms with van der Waals surface area (Å²) in [5.74, 6) is -0.410. The van der Waals surface area contributed by atoms with Crippen molar-refractivity contribution in [1.29, 1.82) is 5.26 Å². The minimum absolute atomic E-state index is 0.0138. The number of hydrogen-bond acceptors (Lipinski definition) is 16. The van der Waals surface area contributed by atoms with Crippen molar-refractivity contribution in [3.8, 4) is 6.07 Å². The number of ether oxygens (including phenoxy) is 1. The molecule has 54 heavy (non-hydrogen) atoms. The molecule has 0 aromatic carbocycles. The Balaban J connectivity index is 1.25. The molecule has 0 amide bonds. The predicted octanol–water partition coefficient (Wildman–Crippen LogP) is 4.90. The highest BCUT2D eigenvalue weighted by molar-refractivity contribution is 8.07. The summed E-state index contributed by atoms with van der Waals surface area (Å²) >= 11 is 17.9. The van der Waals surface area contributed by atoms with Gasteiger partial charge < -0.3 is 41.7 Å². The molecular weight excluding hydrogens is 820 g/mol. The second kappa shape index (κ2) is 15.3. The molecule has 2 aliphatic heterocycles. The van der Waals surface area contributed by atoms with Crippen molar-refractivity contribution in [3.05, 3.63) is 40.8 Å². The van der Waals surface area contributed by atoms with Crippen LogP contribution in [-0.2, 0) is 55.4 Å². The number of halogens is 1. The molecule has 2 N–H and O–H groups in total. The van der Waals surface area contributed by atoms with Crippen LogP contribution in [0.2, 0.25) is 23.3 Å². The van der Waals surface area contributed by atoms with Gasteiger partial charge in [-0.3, -0.25) is 13.9 Å². The quantitative estimate of drug-likeness (QED) is 0.109. The maximum Gasteiger partial charge on any atom is 0.327 e. The van der Waals surface area contributed by atoms with Crippen LogP contribution >= 0.6 is 25.0 Å². The zero-order valence-electron chi connectivity index (χ0n) is 30.0. The number of nitrogens with zero attached hydrogens (tertiary/aromatic N) is 8. The molecule has 7 rings (SSSR count). The molecule has 0 radical (unpaired) electrons. The number of fused-ring (bicyclic) bond motifs is 4. The number of imidazole rings is 2. The van der Waals surface area contributed by atoms with Gasteiger partial charge in [-0.2, -0.15) is 5.26 Å². The van der Waals surface area contributed by atoms with Crippen LogP contribution in [0, 0.1) is 23.2 Å². The fourth-order valence-corrected chi connectivity index (χ4v) is 11.3. The SMILES string of the molecule is CC(C)(C)[Si](C)(C)OC1[C@H](n2cnc3c(=O)[nH]cnc32)O[C@@H]2COP(O)(=S)OC[C@@H]3[C@@H](COP(=S)(OCCC#N)O[C@@H]12)C[C@H]3n1cnc2c(Cl)ncnc21. The van der Waals surface area contributed by atoms with Gasteiger partial charge in [0.1, 0.15) is 30.2 Å². The highest BCUT2D eigenvalue weighted by atomic mass is 35.5. The average Bonchev–Trinajstić information content (AvgIpc) is 3.80. The molecule has 1 aliphatic carbocycles. The third-order valence-electron chi connectivity index (χ3n) is 10.5. The molecule has 3 fully saturated rings. The summed E-state index contributed by atoms with van der Waals surface area (Å²) in [6, 6.07) is 1.90. The molecule has 0 spiro atoms. The van der Waals surface area contributed by atoms with Crippen LogP contribution < -0.4 is 5.56 Å². The molecule has 24 heteroatoms. The summed E-state index contributed by atoms with van der Waals surface area (Å²) in [5.41, 5.74) is 0.937. The van der Waals surface area contributed by atoms with Crippen molar-refractivity contribution in [2.75, 3.05) is 26.4 Å². The second-order valence-corrected chi connectivity index (χ2v) is 25.7. The molecule has 4 aromatic heterocycles. The van der Waals surface area contributed by atoms with Crippen molar-refractivity contribution in [2.24, 2.45) is 11.8 Å². The van der Waals surface area contributed by atoms with Gasteiger partial charge in [0.05, 0.1) is 57.9 Å². The molecule has 18 nitrogen and oxygen atoms in total. The third kappa shape index (κ3) is 7.89. The van der Waals surface area contributed by atoms with Crippen LogP contribution in [0.1, 0.15) is 45.9 Å². The summed E-state index contributed by atoms with van der Waals surface area (Å²) in [4.78, 5) is 48.1. The number of aromatic nitrogens is 8. The average molecular weight is 860 g/mol. The number of nitriles is 1. The minimum atomic E-state index is -3.87. The molecule has 1 saturated carbocycles. The van der Waals surface area contributed by atoms with Crippen molar-refractivity contribution >= 4 is 79.3 Å². The molecule has 6 heterocycles. The molecule has 292 valence electrons. The Morgan fingerprint density at radius 3 is 2.56 bits per heavy atom. The van der Waals surface area contributed by atoms with Crippen LogP contribution in [0.25, 0.3) is 22.3 Å². The van der Waals surface area contributed by atoms with E-state index in [4.69, 9.17) is 67.0 Å². The second-order valence-electron chi connectivity index (χ2n) is 14.8. The lowest BCUT2D eigenvalue weighted by Gasteiger charge is -2.45. The fraction of sp³-hybridized carbons (Fsp3) is 0.633. The van der Waals surface area contributed by atoms with Crippen molar-refractivity contribution in [3.63, 3.8) is 0 Å². The molecule has 9 atom stereocenters. The first kappa shape index (κ1) is 40.1. The number of nitrogens with one attached hydrogen (secondary N) is 1. The number of rotatable bonds is 7. The molecular formula is C30H40ClN9O9P2S2Si. The highest BCUT2D eigenvalue weighted by Gasteiger charge is 2.55. The largest absolute Gasteiger partial charge is 0.407 e. The first-order chi connectivity index (χ1) is 25.5. The molecule has 4 aromatic rings. The molecule has 2 saturated heterocycles. The summed E-state index contributed by atoms with van der Waals surface area (Å²) in [6.07, 6.45) is 2.54. The van der Waals surface area contributed by atoms with Crippen LogP contribution in [0.15, 0.2) is 30.1 Å². The number of H-pyrrole nitrogens is 1. The Kier molecular flexibility index (Phi) is 11.4. The molecule has 3 aliphatic rings. The minimum Gasteiger partial charge on any atom is -0.407 e. The van der Waals surface area contributed by atoms with Crippen molar-refractivity contribution in [1.82, 2.24) is 39.0 Å². The first-order valence-corrected chi connectivity index (χ1v) is 25.6. The van der Waals surface area contributed by atoms with Crippen molar-refractivity contribution < 1.29 is 36.7 Å². The summed E-state index contributed by atoms with van der Waals surface area (Å²) < 4.78 is 48.5. The lowest BCUT2D eigenvalue weighted by molar-refractivity contribution is -0.0479. The molecule has 3 unspecified atom stereocenters. The fourth-order valence-electron chi connectivity index (χ4n) is 6.51.